The third-order valence-electron chi connectivity index (χ3n) is 6.20. The number of para-hydroxylation sites is 2. The van der Waals surface area contributed by atoms with Crippen molar-refractivity contribution in [3.8, 4) is 5.75 Å². The van der Waals surface area contributed by atoms with Crippen molar-refractivity contribution < 1.29 is 17.9 Å². The molecule has 1 amide bonds. The highest BCUT2D eigenvalue weighted by atomic mass is 32.2. The second-order valence-corrected chi connectivity index (χ2v) is 10.3. The molecule has 3 aromatic rings. The van der Waals surface area contributed by atoms with Crippen molar-refractivity contribution >= 4 is 21.6 Å². The molecule has 0 saturated carbocycles. The van der Waals surface area contributed by atoms with E-state index in [1.54, 1.807) is 31.4 Å². The maximum atomic E-state index is 13.3. The summed E-state index contributed by atoms with van der Waals surface area (Å²) in [6.45, 7) is 2.40. The number of benzene rings is 3. The first-order valence-corrected chi connectivity index (χ1v) is 13.0. The van der Waals surface area contributed by atoms with Crippen molar-refractivity contribution in [3.05, 3.63) is 89.5 Å². The monoisotopic (exact) mass is 478 g/mol. The molecule has 0 unspecified atom stereocenters. The number of hydrogen-bond acceptors (Lipinski definition) is 4. The molecule has 0 aromatic heterocycles. The average Bonchev–Trinajstić information content (AvgIpc) is 2.87. The molecular formula is C27H30N2O4S. The lowest BCUT2D eigenvalue weighted by atomic mass is 10.0. The maximum Gasteiger partial charge on any atom is 0.264 e. The molecule has 0 radical (unpaired) electrons. The van der Waals surface area contributed by atoms with Crippen molar-refractivity contribution in [1.82, 2.24) is 5.32 Å². The number of rotatable bonds is 8. The van der Waals surface area contributed by atoms with Gasteiger partial charge in [-0.15, -0.1) is 0 Å². The average molecular weight is 479 g/mol. The molecule has 0 saturated heterocycles. The number of nitrogens with zero attached hydrogens (tertiary/aromatic N) is 1. The van der Waals surface area contributed by atoms with Gasteiger partial charge < -0.3 is 10.1 Å². The van der Waals surface area contributed by atoms with Crippen molar-refractivity contribution in [2.45, 2.75) is 43.5 Å². The van der Waals surface area contributed by atoms with E-state index in [9.17, 15) is 13.2 Å². The van der Waals surface area contributed by atoms with Gasteiger partial charge in [0.1, 0.15) is 5.75 Å². The summed E-state index contributed by atoms with van der Waals surface area (Å²) in [5.74, 6) is 0.670. The van der Waals surface area contributed by atoms with Gasteiger partial charge >= 0.3 is 0 Å². The second kappa shape index (κ2) is 10.3. The molecule has 1 heterocycles. The van der Waals surface area contributed by atoms with E-state index in [0.717, 1.165) is 41.0 Å². The zero-order chi connectivity index (χ0) is 24.1. The standard InChI is InChI=1S/C27H30N2O4S/c1-20(24-10-4-6-12-26(24)33-2)28-27(30)18-15-21-13-16-23(17-14-21)34(31,32)29-19-7-9-22-8-3-5-11-25(22)29/h3-6,8,10-14,16-17,20H,7,9,15,18-19H2,1-2H3,(H,28,30)/t20-/m0/s1. The number of hydrogen-bond donors (Lipinski definition) is 1. The number of fused-ring (bicyclic) bond motifs is 1. The summed E-state index contributed by atoms with van der Waals surface area (Å²) in [5, 5.41) is 3.01. The van der Waals surface area contributed by atoms with Gasteiger partial charge in [0.2, 0.25) is 5.91 Å². The molecule has 6 nitrogen and oxygen atoms in total. The Hall–Kier alpha value is -3.32. The molecule has 178 valence electrons. The molecule has 0 fully saturated rings. The molecule has 1 aliphatic rings. The van der Waals surface area contributed by atoms with Gasteiger partial charge in [0, 0.05) is 18.5 Å². The summed E-state index contributed by atoms with van der Waals surface area (Å²) in [7, 11) is -2.02. The summed E-state index contributed by atoms with van der Waals surface area (Å²) in [5.41, 5.74) is 3.66. The molecule has 7 heteroatoms. The van der Waals surface area contributed by atoms with Crippen LogP contribution in [0.25, 0.3) is 0 Å². The summed E-state index contributed by atoms with van der Waals surface area (Å²) < 4.78 is 33.5. The van der Waals surface area contributed by atoms with Crippen LogP contribution in [0.1, 0.15) is 42.5 Å². The molecule has 1 atom stereocenters. The quantitative estimate of drug-likeness (QED) is 0.512. The lowest BCUT2D eigenvalue weighted by Crippen LogP contribution is -2.35. The summed E-state index contributed by atoms with van der Waals surface area (Å²) in [4.78, 5) is 12.8. The fraction of sp³-hybridized carbons (Fsp3) is 0.296. The van der Waals surface area contributed by atoms with Crippen LogP contribution in [0, 0.1) is 0 Å². The lowest BCUT2D eigenvalue weighted by Gasteiger charge is -2.30. The second-order valence-electron chi connectivity index (χ2n) is 8.48. The number of anilines is 1. The van der Waals surface area contributed by atoms with E-state index in [1.165, 1.54) is 4.31 Å². The molecular weight excluding hydrogens is 448 g/mol. The van der Waals surface area contributed by atoms with Crippen LogP contribution in [0.5, 0.6) is 5.75 Å². The number of aryl methyl sites for hydroxylation is 2. The maximum absolute atomic E-state index is 13.3. The normalized spacial score (nSPS) is 14.2. The Morgan fingerprint density at radius 3 is 2.50 bits per heavy atom. The van der Waals surface area contributed by atoms with Gasteiger partial charge in [0.05, 0.1) is 23.7 Å². The van der Waals surface area contributed by atoms with Crippen LogP contribution in [0.15, 0.2) is 77.7 Å². The number of amides is 1. The zero-order valence-electron chi connectivity index (χ0n) is 19.5. The van der Waals surface area contributed by atoms with Crippen LogP contribution < -0.4 is 14.4 Å². The fourth-order valence-corrected chi connectivity index (χ4v) is 5.92. The van der Waals surface area contributed by atoms with Crippen LogP contribution in [0.3, 0.4) is 0 Å². The molecule has 0 aliphatic carbocycles. The van der Waals surface area contributed by atoms with E-state index in [0.29, 0.717) is 19.4 Å². The molecule has 3 aromatic carbocycles. The summed E-state index contributed by atoms with van der Waals surface area (Å²) in [6.07, 6.45) is 2.53. The first-order chi connectivity index (χ1) is 16.4. The Kier molecular flexibility index (Phi) is 7.22. The number of ether oxygens (including phenoxy) is 1. The topological polar surface area (TPSA) is 75.7 Å². The highest BCUT2D eigenvalue weighted by Gasteiger charge is 2.28. The van der Waals surface area contributed by atoms with Gasteiger partial charge in [-0.05, 0) is 61.6 Å². The Bertz CT molecular complexity index is 1260. The van der Waals surface area contributed by atoms with Crippen molar-refractivity contribution in [2.75, 3.05) is 18.0 Å². The third-order valence-corrected chi connectivity index (χ3v) is 8.03. The van der Waals surface area contributed by atoms with E-state index in [1.807, 2.05) is 55.5 Å². The number of methoxy groups -OCH3 is 1. The molecule has 1 N–H and O–H groups in total. The van der Waals surface area contributed by atoms with Gasteiger partial charge in [-0.25, -0.2) is 8.42 Å². The van der Waals surface area contributed by atoms with Gasteiger partial charge in [-0.1, -0.05) is 48.5 Å². The van der Waals surface area contributed by atoms with Gasteiger partial charge in [-0.3, -0.25) is 9.10 Å². The van der Waals surface area contributed by atoms with Crippen LogP contribution >= 0.6 is 0 Å². The predicted octanol–water partition coefficient (Wildman–Crippen LogP) is 4.65. The largest absolute Gasteiger partial charge is 0.496 e. The van der Waals surface area contributed by atoms with E-state index < -0.39 is 10.0 Å². The van der Waals surface area contributed by atoms with Crippen LogP contribution in [-0.4, -0.2) is 28.0 Å². The number of sulfonamides is 1. The minimum atomic E-state index is -3.63. The van der Waals surface area contributed by atoms with Gasteiger partial charge in [0.25, 0.3) is 10.0 Å². The number of carbonyl (C=O) groups excluding carboxylic acids is 1. The highest BCUT2D eigenvalue weighted by molar-refractivity contribution is 7.92. The molecule has 34 heavy (non-hydrogen) atoms. The van der Waals surface area contributed by atoms with Gasteiger partial charge in [0.15, 0.2) is 0 Å². The lowest BCUT2D eigenvalue weighted by molar-refractivity contribution is -0.121. The molecule has 0 spiro atoms. The predicted molar refractivity (Wildman–Crippen MR) is 134 cm³/mol. The molecule has 0 bridgehead atoms. The Morgan fingerprint density at radius 2 is 1.74 bits per heavy atom. The smallest absolute Gasteiger partial charge is 0.264 e. The van der Waals surface area contributed by atoms with Crippen molar-refractivity contribution in [3.63, 3.8) is 0 Å². The van der Waals surface area contributed by atoms with Crippen LogP contribution in [0.2, 0.25) is 0 Å². The number of nitrogens with one attached hydrogen (secondary N) is 1. The van der Waals surface area contributed by atoms with E-state index in [-0.39, 0.29) is 16.8 Å². The molecule has 4 rings (SSSR count). The number of carbonyl (C=O) groups is 1. The highest BCUT2D eigenvalue weighted by Crippen LogP contribution is 2.32. The van der Waals surface area contributed by atoms with Gasteiger partial charge in [-0.2, -0.15) is 0 Å². The Morgan fingerprint density at radius 1 is 1.03 bits per heavy atom. The van der Waals surface area contributed by atoms with E-state index in [2.05, 4.69) is 5.32 Å². The Balaban J connectivity index is 1.38. The van der Waals surface area contributed by atoms with Crippen LogP contribution in [-0.2, 0) is 27.7 Å². The first-order valence-electron chi connectivity index (χ1n) is 11.5. The van der Waals surface area contributed by atoms with Crippen molar-refractivity contribution in [2.24, 2.45) is 0 Å². The SMILES string of the molecule is COc1ccccc1[C@H](C)NC(=O)CCc1ccc(S(=O)(=O)N2CCCc3ccccc32)cc1. The summed E-state index contributed by atoms with van der Waals surface area (Å²) in [6, 6.07) is 22.0. The fourth-order valence-electron chi connectivity index (χ4n) is 4.38. The Labute approximate surface area is 201 Å². The first kappa shape index (κ1) is 23.8. The minimum Gasteiger partial charge on any atom is -0.496 e. The molecule has 1 aliphatic heterocycles. The van der Waals surface area contributed by atoms with E-state index in [4.69, 9.17) is 4.74 Å². The van der Waals surface area contributed by atoms with Crippen molar-refractivity contribution in [1.29, 1.82) is 0 Å². The zero-order valence-corrected chi connectivity index (χ0v) is 20.3. The third kappa shape index (κ3) is 5.09. The summed E-state index contributed by atoms with van der Waals surface area (Å²) >= 11 is 0. The minimum absolute atomic E-state index is 0.0694. The van der Waals surface area contributed by atoms with Crippen LogP contribution in [0.4, 0.5) is 5.69 Å². The van der Waals surface area contributed by atoms with E-state index >= 15 is 0 Å².